The van der Waals surface area contributed by atoms with Crippen molar-refractivity contribution in [1.82, 2.24) is 9.80 Å². The molecule has 8 heteroatoms. The third-order valence-electron chi connectivity index (χ3n) is 4.48. The van der Waals surface area contributed by atoms with Crippen LogP contribution in [0.25, 0.3) is 0 Å². The Labute approximate surface area is 152 Å². The smallest absolute Gasteiger partial charge is 0.323 e. The highest BCUT2D eigenvalue weighted by atomic mass is 16.5. The molecular weight excluding hydrogens is 340 g/mol. The van der Waals surface area contributed by atoms with Gasteiger partial charge in [0.2, 0.25) is 5.91 Å². The molecular formula is C18H24N2O6. The molecule has 0 aromatic heterocycles. The summed E-state index contributed by atoms with van der Waals surface area (Å²) in [6.07, 6.45) is 1.02. The Hall–Kier alpha value is -2.77. The van der Waals surface area contributed by atoms with Gasteiger partial charge in [-0.05, 0) is 25.0 Å². The summed E-state index contributed by atoms with van der Waals surface area (Å²) < 4.78 is 10.4. The second-order valence-corrected chi connectivity index (χ2v) is 6.26. The number of benzene rings is 1. The number of rotatable bonds is 6. The van der Waals surface area contributed by atoms with Gasteiger partial charge in [-0.3, -0.25) is 14.4 Å². The maximum atomic E-state index is 12.7. The Morgan fingerprint density at radius 2 is 1.65 bits per heavy atom. The lowest BCUT2D eigenvalue weighted by Crippen LogP contribution is -2.44. The highest BCUT2D eigenvalue weighted by Crippen LogP contribution is 2.26. The van der Waals surface area contributed by atoms with E-state index in [-0.39, 0.29) is 24.3 Å². The topological polar surface area (TPSA) is 96.4 Å². The molecule has 0 unspecified atom stereocenters. The van der Waals surface area contributed by atoms with Crippen LogP contribution in [0.2, 0.25) is 0 Å². The van der Waals surface area contributed by atoms with Crippen molar-refractivity contribution in [1.29, 1.82) is 0 Å². The normalized spacial score (nSPS) is 14.7. The Morgan fingerprint density at radius 1 is 1.12 bits per heavy atom. The zero-order chi connectivity index (χ0) is 19.3. The van der Waals surface area contributed by atoms with Crippen molar-refractivity contribution in [3.63, 3.8) is 0 Å². The van der Waals surface area contributed by atoms with Crippen LogP contribution in [-0.4, -0.2) is 73.6 Å². The number of methoxy groups -OCH3 is 2. The number of hydrogen-bond acceptors (Lipinski definition) is 5. The molecule has 2 rings (SSSR count). The highest BCUT2D eigenvalue weighted by Gasteiger charge is 2.30. The number of nitrogens with zero attached hydrogens (tertiary/aromatic N) is 2. The number of carboxylic acids is 1. The average molecular weight is 364 g/mol. The first-order valence-corrected chi connectivity index (χ1v) is 8.34. The molecule has 0 radical (unpaired) electrons. The number of piperidine rings is 1. The van der Waals surface area contributed by atoms with E-state index in [1.54, 1.807) is 23.1 Å². The van der Waals surface area contributed by atoms with E-state index in [1.807, 2.05) is 0 Å². The Kier molecular flexibility index (Phi) is 6.43. The SMILES string of the molecule is COc1cc(OC)cc(C(=O)N2CCC(C(=O)N(C)CC(=O)O)CC2)c1. The van der Waals surface area contributed by atoms with Gasteiger partial charge in [0, 0.05) is 37.7 Å². The number of carbonyl (C=O) groups excluding carboxylic acids is 2. The molecule has 1 N–H and O–H groups in total. The summed E-state index contributed by atoms with van der Waals surface area (Å²) in [6.45, 7) is 0.562. The number of likely N-dealkylation sites (tertiary alicyclic amines) is 1. The summed E-state index contributed by atoms with van der Waals surface area (Å²) in [6, 6.07) is 5.01. The largest absolute Gasteiger partial charge is 0.497 e. The molecule has 0 atom stereocenters. The van der Waals surface area contributed by atoms with Crippen molar-refractivity contribution in [2.75, 3.05) is 40.9 Å². The lowest BCUT2D eigenvalue weighted by molar-refractivity contribution is -0.145. The van der Waals surface area contributed by atoms with Gasteiger partial charge in [-0.15, -0.1) is 0 Å². The van der Waals surface area contributed by atoms with E-state index >= 15 is 0 Å². The van der Waals surface area contributed by atoms with Crippen LogP contribution < -0.4 is 9.47 Å². The molecule has 1 aliphatic heterocycles. The number of ether oxygens (including phenoxy) is 2. The first-order valence-electron chi connectivity index (χ1n) is 8.34. The van der Waals surface area contributed by atoms with Gasteiger partial charge >= 0.3 is 5.97 Å². The summed E-state index contributed by atoms with van der Waals surface area (Å²) in [5.41, 5.74) is 0.467. The van der Waals surface area contributed by atoms with Gasteiger partial charge in [0.15, 0.2) is 0 Å². The van der Waals surface area contributed by atoms with Gasteiger partial charge in [-0.25, -0.2) is 0 Å². The lowest BCUT2D eigenvalue weighted by atomic mass is 9.95. The monoisotopic (exact) mass is 364 g/mol. The van der Waals surface area contributed by atoms with E-state index in [2.05, 4.69) is 0 Å². The van der Waals surface area contributed by atoms with Crippen LogP contribution in [0.5, 0.6) is 11.5 Å². The molecule has 0 aliphatic carbocycles. The summed E-state index contributed by atoms with van der Waals surface area (Å²) in [5.74, 6) is -0.570. The minimum absolute atomic E-state index is 0.146. The molecule has 1 fully saturated rings. The molecule has 0 bridgehead atoms. The molecule has 0 spiro atoms. The fraction of sp³-hybridized carbons (Fsp3) is 0.500. The van der Waals surface area contributed by atoms with Gasteiger partial charge in [0.25, 0.3) is 5.91 Å². The third-order valence-corrected chi connectivity index (χ3v) is 4.48. The van der Waals surface area contributed by atoms with Crippen molar-refractivity contribution in [3.05, 3.63) is 23.8 Å². The molecule has 1 aromatic rings. The van der Waals surface area contributed by atoms with Crippen LogP contribution in [0, 0.1) is 5.92 Å². The number of hydrogen-bond donors (Lipinski definition) is 1. The number of aliphatic carboxylic acids is 1. The molecule has 1 saturated heterocycles. The minimum Gasteiger partial charge on any atom is -0.497 e. The van der Waals surface area contributed by atoms with E-state index in [0.717, 1.165) is 0 Å². The first-order chi connectivity index (χ1) is 12.3. The molecule has 8 nitrogen and oxygen atoms in total. The molecule has 1 heterocycles. The number of amides is 2. The van der Waals surface area contributed by atoms with Crippen LogP contribution >= 0.6 is 0 Å². The molecule has 1 aliphatic rings. The van der Waals surface area contributed by atoms with E-state index in [4.69, 9.17) is 14.6 Å². The van der Waals surface area contributed by atoms with Crippen molar-refractivity contribution in [2.24, 2.45) is 5.92 Å². The van der Waals surface area contributed by atoms with Gasteiger partial charge in [-0.1, -0.05) is 0 Å². The van der Waals surface area contributed by atoms with Gasteiger partial charge in [0.05, 0.1) is 14.2 Å². The zero-order valence-corrected chi connectivity index (χ0v) is 15.2. The van der Waals surface area contributed by atoms with Crippen molar-refractivity contribution in [2.45, 2.75) is 12.8 Å². The Balaban J connectivity index is 2.00. The highest BCUT2D eigenvalue weighted by molar-refractivity contribution is 5.95. The molecule has 2 amide bonds. The maximum absolute atomic E-state index is 12.7. The number of carbonyl (C=O) groups is 3. The van der Waals surface area contributed by atoms with Crippen molar-refractivity contribution < 1.29 is 29.0 Å². The van der Waals surface area contributed by atoms with Crippen LogP contribution in [0.4, 0.5) is 0 Å². The van der Waals surface area contributed by atoms with E-state index in [0.29, 0.717) is 43.0 Å². The van der Waals surface area contributed by atoms with E-state index in [1.165, 1.54) is 26.2 Å². The third kappa shape index (κ3) is 4.65. The zero-order valence-electron chi connectivity index (χ0n) is 15.2. The maximum Gasteiger partial charge on any atom is 0.323 e. The predicted octanol–water partition coefficient (Wildman–Crippen LogP) is 1.10. The Bertz CT molecular complexity index is 660. The van der Waals surface area contributed by atoms with Gasteiger partial charge in [0.1, 0.15) is 18.0 Å². The lowest BCUT2D eigenvalue weighted by Gasteiger charge is -2.33. The summed E-state index contributed by atoms with van der Waals surface area (Å²) in [7, 11) is 4.53. The van der Waals surface area contributed by atoms with E-state index in [9.17, 15) is 14.4 Å². The van der Waals surface area contributed by atoms with Gasteiger partial charge < -0.3 is 24.4 Å². The van der Waals surface area contributed by atoms with Crippen LogP contribution in [0.15, 0.2) is 18.2 Å². The predicted molar refractivity (Wildman–Crippen MR) is 93.4 cm³/mol. The Morgan fingerprint density at radius 3 is 2.12 bits per heavy atom. The second-order valence-electron chi connectivity index (χ2n) is 6.26. The minimum atomic E-state index is -1.04. The summed E-state index contributed by atoms with van der Waals surface area (Å²) in [5, 5.41) is 8.79. The summed E-state index contributed by atoms with van der Waals surface area (Å²) >= 11 is 0. The molecule has 142 valence electrons. The van der Waals surface area contributed by atoms with E-state index < -0.39 is 5.97 Å². The molecule has 1 aromatic carbocycles. The number of likely N-dealkylation sites (N-methyl/N-ethyl adjacent to an activating group) is 1. The van der Waals surface area contributed by atoms with Crippen LogP contribution in [0.3, 0.4) is 0 Å². The van der Waals surface area contributed by atoms with Gasteiger partial charge in [-0.2, -0.15) is 0 Å². The molecule has 0 saturated carbocycles. The molecule has 26 heavy (non-hydrogen) atoms. The fourth-order valence-corrected chi connectivity index (χ4v) is 3.04. The first kappa shape index (κ1) is 19.6. The fourth-order valence-electron chi connectivity index (χ4n) is 3.04. The average Bonchev–Trinajstić information content (AvgIpc) is 2.65. The standard InChI is InChI=1S/C18H24N2O6/c1-19(11-16(21)22)17(23)12-4-6-20(7-5-12)18(24)13-8-14(25-2)10-15(9-13)26-3/h8-10,12H,4-7,11H2,1-3H3,(H,21,22). The quantitative estimate of drug-likeness (QED) is 0.812. The van der Waals surface area contributed by atoms with Crippen LogP contribution in [-0.2, 0) is 9.59 Å². The second kappa shape index (κ2) is 8.55. The van der Waals surface area contributed by atoms with Crippen molar-refractivity contribution in [3.8, 4) is 11.5 Å². The number of carboxylic acid groups (broad SMARTS) is 1. The summed E-state index contributed by atoms with van der Waals surface area (Å²) in [4.78, 5) is 38.6. The van der Waals surface area contributed by atoms with Crippen LogP contribution in [0.1, 0.15) is 23.2 Å². The van der Waals surface area contributed by atoms with Crippen molar-refractivity contribution >= 4 is 17.8 Å².